The first kappa shape index (κ1) is 38.4. The van der Waals surface area contributed by atoms with E-state index in [4.69, 9.17) is 6.57 Å². The third-order valence-electron chi connectivity index (χ3n) is 14.9. The van der Waals surface area contributed by atoms with Crippen molar-refractivity contribution >= 4 is 103 Å². The van der Waals surface area contributed by atoms with Crippen molar-refractivity contribution < 1.29 is 0 Å². The molecule has 13 aromatic carbocycles. The van der Waals surface area contributed by atoms with Crippen molar-refractivity contribution in [3.63, 3.8) is 0 Å². The number of rotatable bonds is 5. The Morgan fingerprint density at radius 2 is 0.771 bits per heavy atom. The van der Waals surface area contributed by atoms with E-state index in [1.54, 1.807) is 0 Å². The number of hydrogen-bond donors (Lipinski definition) is 0. The number of benzene rings is 13. The highest BCUT2D eigenvalue weighted by atomic mass is 15.0. The first-order valence-corrected chi connectivity index (χ1v) is 23.7. The van der Waals surface area contributed by atoms with Crippen LogP contribution < -0.4 is 0 Å². The van der Waals surface area contributed by atoms with Gasteiger partial charge in [0, 0.05) is 38.4 Å². The lowest BCUT2D eigenvalue weighted by Crippen LogP contribution is -1.95. The zero-order valence-electron chi connectivity index (χ0n) is 37.6. The molecule has 70 heavy (non-hydrogen) atoms. The predicted molar refractivity (Wildman–Crippen MR) is 292 cm³/mol. The fourth-order valence-electron chi connectivity index (χ4n) is 12.2. The molecule has 0 fully saturated rings. The number of fused-ring (bicyclic) bond motifs is 3. The van der Waals surface area contributed by atoms with Gasteiger partial charge in [0.2, 0.25) is 0 Å². The topological polar surface area (TPSA) is 38.0 Å². The predicted octanol–water partition coefficient (Wildman–Crippen LogP) is 17.9. The molecule has 0 radical (unpaired) electrons. The number of aromatic nitrogens is 2. The second kappa shape index (κ2) is 14.4. The minimum Gasteiger partial charge on any atom is -0.310 e. The van der Waals surface area contributed by atoms with Gasteiger partial charge in [-0.25, -0.2) is 4.85 Å². The van der Waals surface area contributed by atoms with Gasteiger partial charge in [-0.1, -0.05) is 146 Å². The van der Waals surface area contributed by atoms with E-state index in [0.29, 0.717) is 11.3 Å². The van der Waals surface area contributed by atoms with Crippen molar-refractivity contribution in [3.8, 4) is 50.8 Å². The van der Waals surface area contributed by atoms with Gasteiger partial charge in [-0.3, -0.25) is 0 Å². The average molecular weight is 885 g/mol. The Hall–Kier alpha value is -9.74. The number of hydrogen-bond acceptors (Lipinski definition) is 1. The van der Waals surface area contributed by atoms with Crippen LogP contribution in [0.5, 0.6) is 0 Å². The van der Waals surface area contributed by atoms with Crippen LogP contribution in [-0.2, 0) is 0 Å². The van der Waals surface area contributed by atoms with E-state index >= 15 is 0 Å². The van der Waals surface area contributed by atoms with Crippen molar-refractivity contribution in [3.05, 3.63) is 235 Å². The van der Waals surface area contributed by atoms with Crippen molar-refractivity contribution in [2.24, 2.45) is 0 Å². The first-order valence-electron chi connectivity index (χ1n) is 23.7. The van der Waals surface area contributed by atoms with Crippen LogP contribution in [0.15, 0.2) is 218 Å². The molecule has 0 unspecified atom stereocenters. The lowest BCUT2D eigenvalue weighted by molar-refractivity contribution is 1.18. The van der Waals surface area contributed by atoms with Crippen molar-refractivity contribution in [2.45, 2.75) is 0 Å². The lowest BCUT2D eigenvalue weighted by atomic mass is 9.83. The van der Waals surface area contributed by atoms with Gasteiger partial charge in [-0.15, -0.1) is 0 Å². The molecule has 320 valence electrons. The molecule has 0 aliphatic heterocycles. The maximum absolute atomic E-state index is 10.1. The summed E-state index contributed by atoms with van der Waals surface area (Å²) in [7, 11) is 0. The van der Waals surface area contributed by atoms with E-state index in [2.05, 4.69) is 214 Å². The average Bonchev–Trinajstić information content (AvgIpc) is 3.94. The first-order chi connectivity index (χ1) is 34.6. The van der Waals surface area contributed by atoms with Gasteiger partial charge in [0.05, 0.1) is 34.8 Å². The molecule has 0 amide bonds. The highest BCUT2D eigenvalue weighted by Gasteiger charge is 2.24. The molecular formula is C66H36N4. The Bertz CT molecular complexity index is 4710. The minimum atomic E-state index is 0.638. The Morgan fingerprint density at radius 3 is 1.31 bits per heavy atom. The van der Waals surface area contributed by atoms with Gasteiger partial charge in [-0.05, 0) is 160 Å². The summed E-state index contributed by atoms with van der Waals surface area (Å²) in [5, 5.41) is 26.6. The molecule has 0 atom stereocenters. The van der Waals surface area contributed by atoms with E-state index in [1.807, 2.05) is 24.3 Å². The molecule has 0 bridgehead atoms. The Balaban J connectivity index is 0.977. The van der Waals surface area contributed by atoms with Crippen molar-refractivity contribution in [1.82, 2.24) is 9.13 Å². The second-order valence-corrected chi connectivity index (χ2v) is 18.6. The molecule has 2 heterocycles. The standard InChI is InChI=1S/C66H36N4/c1-68-46-34-43-27-26-41-32-44(35-58-63(41)65(43)60(37-46)70(58)48-16-6-3-7-17-48)49-28-29-56(51-19-9-8-18-50(49)51)66-54-22-12-10-20-52(54)61(53-21-11-13-23-55(53)66)45-33-42-25-24-40-30-39(38-67)31-57-62(40)64(42)59(36-45)69(57)47-14-4-2-5-15-47/h2-37H. The molecule has 2 aromatic heterocycles. The lowest BCUT2D eigenvalue weighted by Gasteiger charge is -2.20. The third kappa shape index (κ3) is 5.28. The summed E-state index contributed by atoms with van der Waals surface area (Å²) in [5.41, 5.74) is 14.8. The fraction of sp³-hybridized carbons (Fsp3) is 0. The number of para-hydroxylation sites is 2. The van der Waals surface area contributed by atoms with Crippen LogP contribution in [0, 0.1) is 17.9 Å². The smallest absolute Gasteiger partial charge is 0.189 e. The van der Waals surface area contributed by atoms with E-state index in [0.717, 1.165) is 55.3 Å². The van der Waals surface area contributed by atoms with Crippen LogP contribution in [0.25, 0.3) is 147 Å². The zero-order valence-corrected chi connectivity index (χ0v) is 37.6. The van der Waals surface area contributed by atoms with Gasteiger partial charge in [0.1, 0.15) is 0 Å². The SMILES string of the molecule is [C-]#[N+]c1cc2ccc3cc(-c4ccc(-c5c6ccccc6c(-c6cc7ccc8cc(C#N)cc9c8c7c(c6)n9-c6ccccc6)c6ccccc56)c5ccccc45)cc4c3c2c(c1)n4-c1ccccc1. The quantitative estimate of drug-likeness (QED) is 0.0964. The molecule has 4 nitrogen and oxygen atoms in total. The van der Waals surface area contributed by atoms with E-state index in [-0.39, 0.29) is 0 Å². The monoisotopic (exact) mass is 884 g/mol. The fourth-order valence-corrected chi connectivity index (χ4v) is 12.2. The molecule has 0 spiro atoms. The number of nitriles is 1. The molecule has 0 aliphatic rings. The highest BCUT2D eigenvalue weighted by molar-refractivity contribution is 6.29. The molecule has 0 N–H and O–H groups in total. The van der Waals surface area contributed by atoms with Crippen LogP contribution in [0.1, 0.15) is 5.56 Å². The van der Waals surface area contributed by atoms with Crippen molar-refractivity contribution in [2.75, 3.05) is 0 Å². The van der Waals surface area contributed by atoms with E-state index in [9.17, 15) is 5.26 Å². The Morgan fingerprint density at radius 1 is 0.357 bits per heavy atom. The van der Waals surface area contributed by atoms with Gasteiger partial charge in [-0.2, -0.15) is 5.26 Å². The zero-order chi connectivity index (χ0) is 46.2. The molecule has 0 aliphatic carbocycles. The molecule has 15 aromatic rings. The van der Waals surface area contributed by atoms with E-state index in [1.165, 1.54) is 86.9 Å². The minimum absolute atomic E-state index is 0.638. The summed E-state index contributed by atoms with van der Waals surface area (Å²) < 4.78 is 4.68. The maximum Gasteiger partial charge on any atom is 0.189 e. The van der Waals surface area contributed by atoms with Crippen LogP contribution in [0.4, 0.5) is 5.69 Å². The molecule has 0 saturated heterocycles. The summed E-state index contributed by atoms with van der Waals surface area (Å²) in [6, 6.07) is 81.3. The summed E-state index contributed by atoms with van der Waals surface area (Å²) >= 11 is 0. The Labute approximate surface area is 401 Å². The summed E-state index contributed by atoms with van der Waals surface area (Å²) in [6.45, 7) is 7.94. The third-order valence-corrected chi connectivity index (χ3v) is 14.9. The summed E-state index contributed by atoms with van der Waals surface area (Å²) in [5.74, 6) is 0. The normalized spacial score (nSPS) is 12.0. The van der Waals surface area contributed by atoms with E-state index < -0.39 is 0 Å². The molecule has 4 heteroatoms. The van der Waals surface area contributed by atoms with Crippen LogP contribution in [0.2, 0.25) is 0 Å². The molecular weight excluding hydrogens is 849 g/mol. The van der Waals surface area contributed by atoms with Crippen LogP contribution in [0.3, 0.4) is 0 Å². The largest absolute Gasteiger partial charge is 0.310 e. The van der Waals surface area contributed by atoms with Crippen LogP contribution >= 0.6 is 0 Å². The van der Waals surface area contributed by atoms with Crippen molar-refractivity contribution in [1.29, 1.82) is 5.26 Å². The number of nitrogens with zero attached hydrogens (tertiary/aromatic N) is 4. The molecule has 15 rings (SSSR count). The summed E-state index contributed by atoms with van der Waals surface area (Å²) in [4.78, 5) is 3.88. The van der Waals surface area contributed by atoms with Crippen LogP contribution in [-0.4, -0.2) is 9.13 Å². The second-order valence-electron chi connectivity index (χ2n) is 18.6. The van der Waals surface area contributed by atoms with Gasteiger partial charge in [0.25, 0.3) is 0 Å². The van der Waals surface area contributed by atoms with Gasteiger partial charge < -0.3 is 9.13 Å². The summed E-state index contributed by atoms with van der Waals surface area (Å²) in [6.07, 6.45) is 0. The van der Waals surface area contributed by atoms with Gasteiger partial charge in [0.15, 0.2) is 5.69 Å². The van der Waals surface area contributed by atoms with Gasteiger partial charge >= 0.3 is 0 Å². The molecule has 0 saturated carbocycles. The highest BCUT2D eigenvalue weighted by Crippen LogP contribution is 2.50. The Kier molecular flexibility index (Phi) is 7.88. The maximum atomic E-state index is 10.1.